The summed E-state index contributed by atoms with van der Waals surface area (Å²) in [5, 5.41) is 4.73. The minimum Gasteiger partial charge on any atom is -0.341 e. The highest BCUT2D eigenvalue weighted by Crippen LogP contribution is 1.65. The molecule has 94 valence electrons. The summed E-state index contributed by atoms with van der Waals surface area (Å²) in [6.07, 6.45) is 1.25. The number of hydrogen-bond donors (Lipinski definition) is 3. The lowest BCUT2D eigenvalue weighted by Gasteiger charge is -1.91. The molecule has 0 aliphatic heterocycles. The van der Waals surface area contributed by atoms with Gasteiger partial charge in [-0.15, -0.1) is 0 Å². The maximum Gasteiger partial charge on any atom is 0.314 e. The number of amides is 2. The van der Waals surface area contributed by atoms with Crippen molar-refractivity contribution in [3.05, 3.63) is 0 Å². The second-order valence-corrected chi connectivity index (χ2v) is 3.35. The average Bonchev–Trinajstić information content (AvgIpc) is 2.28. The zero-order valence-corrected chi connectivity index (χ0v) is 11.2. The fourth-order valence-electron chi connectivity index (χ4n) is 0.208. The molecule has 15 heavy (non-hydrogen) atoms. The van der Waals surface area contributed by atoms with Crippen LogP contribution < -0.4 is 15.4 Å². The first kappa shape index (κ1) is 19.8. The number of carbonyl (C=O) groups excluding carboxylic acids is 1. The normalized spacial score (nSPS) is 9.73. The Kier molecular flexibility index (Phi) is 25.1. The third-order valence-electron chi connectivity index (χ3n) is 0.772. The van der Waals surface area contributed by atoms with Crippen LogP contribution in [0.2, 0.25) is 0 Å². The second-order valence-electron chi connectivity index (χ2n) is 2.14. The molecule has 0 saturated carbocycles. The molecule has 0 spiro atoms. The maximum absolute atomic E-state index is 9.96. The predicted molar refractivity (Wildman–Crippen MR) is 63.7 cm³/mol. The van der Waals surface area contributed by atoms with Crippen LogP contribution in [0.4, 0.5) is 4.79 Å². The zero-order chi connectivity index (χ0) is 12.7. The minimum atomic E-state index is -1.28. The standard InChI is InChI=1S/C3H8N2O.C3H8.C2H7NO2S/c1-4-3(6)5-2;1-3-2;1-3-6(4)5-2/h1-2H3,(H2,4,5,6);3H2,1-2H3;3H,1-2H3. The average molecular weight is 241 g/mol. The molecule has 0 bridgehead atoms. The van der Waals surface area contributed by atoms with Crippen LogP contribution in [-0.2, 0) is 15.4 Å². The fourth-order valence-corrected chi connectivity index (χ4v) is 0.375. The lowest BCUT2D eigenvalue weighted by Crippen LogP contribution is -2.28. The number of hydrogen-bond acceptors (Lipinski definition) is 3. The first-order chi connectivity index (χ1) is 7.03. The van der Waals surface area contributed by atoms with E-state index in [-0.39, 0.29) is 6.03 Å². The molecule has 0 aromatic rings. The smallest absolute Gasteiger partial charge is 0.314 e. The number of rotatable bonds is 2. The van der Waals surface area contributed by atoms with Crippen LogP contribution in [0.15, 0.2) is 0 Å². The van der Waals surface area contributed by atoms with Gasteiger partial charge in [-0.2, -0.15) is 0 Å². The molecule has 1 unspecified atom stereocenters. The largest absolute Gasteiger partial charge is 0.341 e. The lowest BCUT2D eigenvalue weighted by molar-refractivity contribution is 0.245. The van der Waals surface area contributed by atoms with Crippen LogP contribution in [-0.4, -0.2) is 38.5 Å². The molecule has 0 radical (unpaired) electrons. The highest BCUT2D eigenvalue weighted by Gasteiger charge is 1.82. The van der Waals surface area contributed by atoms with Gasteiger partial charge in [0.25, 0.3) is 0 Å². The second kappa shape index (κ2) is 19.0. The Morgan fingerprint density at radius 3 is 1.53 bits per heavy atom. The molecule has 0 heterocycles. The number of urea groups is 1. The van der Waals surface area contributed by atoms with Gasteiger partial charge in [-0.25, -0.2) is 13.7 Å². The highest BCUT2D eigenvalue weighted by molar-refractivity contribution is 7.78. The molecule has 0 fully saturated rings. The fraction of sp³-hybridized carbons (Fsp3) is 0.875. The van der Waals surface area contributed by atoms with Crippen molar-refractivity contribution in [2.24, 2.45) is 0 Å². The van der Waals surface area contributed by atoms with Crippen LogP contribution in [0, 0.1) is 0 Å². The molecule has 0 saturated heterocycles. The first-order valence-corrected chi connectivity index (χ1v) is 5.64. The summed E-state index contributed by atoms with van der Waals surface area (Å²) in [5.74, 6) is 0. The Morgan fingerprint density at radius 2 is 1.53 bits per heavy atom. The Balaban J connectivity index is -0.000000153. The van der Waals surface area contributed by atoms with Crippen LogP contribution >= 0.6 is 0 Å². The third kappa shape index (κ3) is 31.8. The first-order valence-electron chi connectivity index (χ1n) is 4.56. The molecular formula is C8H23N3O3S. The monoisotopic (exact) mass is 241 g/mol. The van der Waals surface area contributed by atoms with Crippen molar-refractivity contribution in [3.63, 3.8) is 0 Å². The highest BCUT2D eigenvalue weighted by atomic mass is 32.2. The lowest BCUT2D eigenvalue weighted by atomic mass is 10.6. The Bertz CT molecular complexity index is 128. The van der Waals surface area contributed by atoms with Crippen molar-refractivity contribution in [2.75, 3.05) is 28.3 Å². The molecular weight excluding hydrogens is 218 g/mol. The maximum atomic E-state index is 9.96. The van der Waals surface area contributed by atoms with E-state index in [0.29, 0.717) is 0 Å². The summed E-state index contributed by atoms with van der Waals surface area (Å²) in [5.41, 5.74) is 0. The molecule has 0 aromatic carbocycles. The van der Waals surface area contributed by atoms with Crippen molar-refractivity contribution >= 4 is 17.3 Å². The van der Waals surface area contributed by atoms with Gasteiger partial charge in [0.05, 0.1) is 7.11 Å². The van der Waals surface area contributed by atoms with E-state index >= 15 is 0 Å². The minimum absolute atomic E-state index is 0.157. The van der Waals surface area contributed by atoms with E-state index in [2.05, 4.69) is 33.4 Å². The van der Waals surface area contributed by atoms with E-state index in [0.717, 1.165) is 0 Å². The molecule has 0 rings (SSSR count). The van der Waals surface area contributed by atoms with Gasteiger partial charge in [0.15, 0.2) is 0 Å². The van der Waals surface area contributed by atoms with Crippen molar-refractivity contribution < 1.29 is 13.2 Å². The Labute approximate surface area is 94.9 Å². The molecule has 0 aromatic heterocycles. The summed E-state index contributed by atoms with van der Waals surface area (Å²) in [6.45, 7) is 4.25. The number of carbonyl (C=O) groups is 1. The number of nitrogens with one attached hydrogen (secondary N) is 3. The summed E-state index contributed by atoms with van der Waals surface area (Å²) in [4.78, 5) is 9.96. The van der Waals surface area contributed by atoms with E-state index in [4.69, 9.17) is 0 Å². The molecule has 7 heteroatoms. The van der Waals surface area contributed by atoms with Gasteiger partial charge in [0.1, 0.15) is 0 Å². The summed E-state index contributed by atoms with van der Waals surface area (Å²) in [6, 6.07) is -0.157. The van der Waals surface area contributed by atoms with Gasteiger partial charge in [0, 0.05) is 14.1 Å². The Hall–Kier alpha value is -0.660. The quantitative estimate of drug-likeness (QED) is 0.654. The van der Waals surface area contributed by atoms with Crippen molar-refractivity contribution in [3.8, 4) is 0 Å². The molecule has 0 aliphatic carbocycles. The molecule has 1 atom stereocenters. The SMILES string of the molecule is CCC.CNC(=O)NC.CNS(=O)OC. The van der Waals surface area contributed by atoms with Crippen molar-refractivity contribution in [1.82, 2.24) is 15.4 Å². The van der Waals surface area contributed by atoms with E-state index in [1.165, 1.54) is 13.5 Å². The third-order valence-corrected chi connectivity index (χ3v) is 1.41. The van der Waals surface area contributed by atoms with Crippen LogP contribution in [0.5, 0.6) is 0 Å². The summed E-state index contributed by atoms with van der Waals surface area (Å²) >= 11 is -1.28. The molecule has 2 amide bonds. The van der Waals surface area contributed by atoms with E-state index in [1.807, 2.05) is 0 Å². The van der Waals surface area contributed by atoms with E-state index in [9.17, 15) is 9.00 Å². The molecule has 3 N–H and O–H groups in total. The van der Waals surface area contributed by atoms with Crippen LogP contribution in [0.1, 0.15) is 20.3 Å². The van der Waals surface area contributed by atoms with Crippen LogP contribution in [0.25, 0.3) is 0 Å². The van der Waals surface area contributed by atoms with Crippen LogP contribution in [0.3, 0.4) is 0 Å². The van der Waals surface area contributed by atoms with Crippen molar-refractivity contribution in [1.29, 1.82) is 0 Å². The summed E-state index contributed by atoms with van der Waals surface area (Å²) in [7, 11) is 6.06. The van der Waals surface area contributed by atoms with Gasteiger partial charge in [-0.05, 0) is 7.05 Å². The molecule has 0 aliphatic rings. The van der Waals surface area contributed by atoms with Gasteiger partial charge < -0.3 is 10.6 Å². The Morgan fingerprint density at radius 1 is 1.20 bits per heavy atom. The predicted octanol–water partition coefficient (Wildman–Crippen LogP) is 0.392. The van der Waals surface area contributed by atoms with Gasteiger partial charge in [-0.3, -0.25) is 4.18 Å². The van der Waals surface area contributed by atoms with E-state index in [1.54, 1.807) is 21.1 Å². The zero-order valence-electron chi connectivity index (χ0n) is 10.3. The molecule has 6 nitrogen and oxygen atoms in total. The van der Waals surface area contributed by atoms with Gasteiger partial charge in [-0.1, -0.05) is 20.3 Å². The van der Waals surface area contributed by atoms with E-state index < -0.39 is 11.3 Å². The van der Waals surface area contributed by atoms with Crippen molar-refractivity contribution in [2.45, 2.75) is 20.3 Å². The van der Waals surface area contributed by atoms with Gasteiger partial charge in [0.2, 0.25) is 11.3 Å². The van der Waals surface area contributed by atoms with Gasteiger partial charge >= 0.3 is 6.03 Å². The summed E-state index contributed by atoms with van der Waals surface area (Å²) < 4.78 is 16.6. The topological polar surface area (TPSA) is 79.5 Å².